The minimum Gasteiger partial charge on any atom is -0.395 e. The summed E-state index contributed by atoms with van der Waals surface area (Å²) in [7, 11) is 0. The molecule has 114 valence electrons. The minimum atomic E-state index is -0.786. The molecular formula is C15H20N2O3S. The molecule has 0 aliphatic heterocycles. The summed E-state index contributed by atoms with van der Waals surface area (Å²) < 4.78 is 0. The van der Waals surface area contributed by atoms with Gasteiger partial charge in [0.1, 0.15) is 0 Å². The molecule has 0 radical (unpaired) electrons. The van der Waals surface area contributed by atoms with Crippen LogP contribution in [0.15, 0.2) is 6.07 Å². The molecule has 0 saturated carbocycles. The van der Waals surface area contributed by atoms with E-state index in [9.17, 15) is 9.59 Å². The Hall–Kier alpha value is -1.84. The lowest BCUT2D eigenvalue weighted by atomic mass is 9.93. The summed E-state index contributed by atoms with van der Waals surface area (Å²) >= 11 is 1.29. The molecule has 0 saturated heterocycles. The average molecular weight is 308 g/mol. The van der Waals surface area contributed by atoms with Crippen molar-refractivity contribution in [1.29, 1.82) is 0 Å². The Kier molecular flexibility index (Phi) is 5.94. The van der Waals surface area contributed by atoms with Gasteiger partial charge in [0, 0.05) is 13.0 Å². The number of carbonyl (C=O) groups is 2. The third-order valence-corrected chi connectivity index (χ3v) is 4.09. The van der Waals surface area contributed by atoms with Crippen molar-refractivity contribution >= 4 is 23.2 Å². The van der Waals surface area contributed by atoms with E-state index < -0.39 is 11.3 Å². The van der Waals surface area contributed by atoms with E-state index in [4.69, 9.17) is 10.8 Å². The van der Waals surface area contributed by atoms with E-state index in [2.05, 4.69) is 17.2 Å². The molecule has 1 rings (SSSR count). The van der Waals surface area contributed by atoms with Crippen molar-refractivity contribution in [3.05, 3.63) is 21.4 Å². The zero-order valence-electron chi connectivity index (χ0n) is 12.4. The summed E-state index contributed by atoms with van der Waals surface area (Å²) in [5.41, 5.74) is 5.40. The first kappa shape index (κ1) is 17.2. The number of amides is 2. The Bertz CT molecular complexity index is 594. The maximum absolute atomic E-state index is 12.1. The molecule has 0 aliphatic carbocycles. The molecule has 4 N–H and O–H groups in total. The zero-order valence-corrected chi connectivity index (χ0v) is 13.3. The van der Waals surface area contributed by atoms with Gasteiger partial charge in [0.25, 0.3) is 5.91 Å². The van der Waals surface area contributed by atoms with Gasteiger partial charge in [-0.15, -0.1) is 11.3 Å². The highest BCUT2D eigenvalue weighted by molar-refractivity contribution is 7.14. The van der Waals surface area contributed by atoms with Crippen molar-refractivity contribution in [2.45, 2.75) is 27.2 Å². The topological polar surface area (TPSA) is 92.4 Å². The third kappa shape index (κ3) is 4.88. The van der Waals surface area contributed by atoms with Crippen LogP contribution in [0.1, 0.15) is 40.4 Å². The Labute approximate surface area is 128 Å². The molecule has 2 amide bonds. The van der Waals surface area contributed by atoms with Crippen LogP contribution in [0, 0.1) is 24.2 Å². The molecule has 1 aromatic heterocycles. The second kappa shape index (κ2) is 7.25. The van der Waals surface area contributed by atoms with Gasteiger partial charge >= 0.3 is 0 Å². The van der Waals surface area contributed by atoms with Gasteiger partial charge in [-0.2, -0.15) is 0 Å². The van der Waals surface area contributed by atoms with Gasteiger partial charge in [-0.25, -0.2) is 0 Å². The number of aryl methyl sites for hydroxylation is 1. The van der Waals surface area contributed by atoms with E-state index in [-0.39, 0.29) is 19.1 Å². The first-order valence-corrected chi connectivity index (χ1v) is 7.38. The number of aliphatic hydroxyl groups is 1. The second-order valence-electron chi connectivity index (χ2n) is 5.33. The Morgan fingerprint density at radius 1 is 1.48 bits per heavy atom. The maximum atomic E-state index is 12.1. The maximum Gasteiger partial charge on any atom is 0.261 e. The zero-order chi connectivity index (χ0) is 16.0. The fourth-order valence-corrected chi connectivity index (χ4v) is 2.36. The number of primary amides is 1. The molecule has 0 fully saturated rings. The van der Waals surface area contributed by atoms with E-state index in [0.29, 0.717) is 11.3 Å². The van der Waals surface area contributed by atoms with E-state index in [1.165, 1.54) is 11.3 Å². The summed E-state index contributed by atoms with van der Waals surface area (Å²) in [4.78, 5) is 24.6. The fourth-order valence-electron chi connectivity index (χ4n) is 1.39. The Balaban J connectivity index is 2.75. The predicted octanol–water partition coefficient (Wildman–Crippen LogP) is 1.03. The van der Waals surface area contributed by atoms with Gasteiger partial charge in [0.2, 0.25) is 5.91 Å². The monoisotopic (exact) mass is 308 g/mol. The molecule has 6 heteroatoms. The van der Waals surface area contributed by atoms with Gasteiger partial charge in [-0.3, -0.25) is 9.59 Å². The van der Waals surface area contributed by atoms with E-state index >= 15 is 0 Å². The largest absolute Gasteiger partial charge is 0.395 e. The van der Waals surface area contributed by atoms with Crippen LogP contribution in [0.5, 0.6) is 0 Å². The van der Waals surface area contributed by atoms with Gasteiger partial charge in [-0.05, 0) is 32.4 Å². The number of hydrogen-bond acceptors (Lipinski definition) is 4. The Morgan fingerprint density at radius 3 is 2.71 bits per heavy atom. The third-order valence-electron chi connectivity index (χ3n) is 2.94. The fraction of sp³-hybridized carbons (Fsp3) is 0.467. The molecule has 0 unspecified atom stereocenters. The lowest BCUT2D eigenvalue weighted by molar-refractivity contribution is -0.125. The normalized spacial score (nSPS) is 10.7. The van der Waals surface area contributed by atoms with Crippen LogP contribution in [0.4, 0.5) is 0 Å². The van der Waals surface area contributed by atoms with Crippen molar-refractivity contribution in [2.75, 3.05) is 13.2 Å². The highest BCUT2D eigenvalue weighted by atomic mass is 32.1. The molecule has 0 atom stereocenters. The highest BCUT2D eigenvalue weighted by Crippen LogP contribution is 2.21. The van der Waals surface area contributed by atoms with Crippen LogP contribution < -0.4 is 11.1 Å². The van der Waals surface area contributed by atoms with Crippen LogP contribution >= 0.6 is 11.3 Å². The molecule has 1 heterocycles. The molecule has 0 spiro atoms. The quantitative estimate of drug-likeness (QED) is 0.709. The summed E-state index contributed by atoms with van der Waals surface area (Å²) in [5.74, 6) is 5.07. The molecule has 1 aromatic rings. The number of nitrogens with two attached hydrogens (primary N) is 1. The number of nitrogens with one attached hydrogen (secondary N) is 1. The van der Waals surface area contributed by atoms with Crippen LogP contribution in [0.25, 0.3) is 0 Å². The van der Waals surface area contributed by atoms with E-state index in [1.807, 2.05) is 6.92 Å². The molecule has 5 nitrogen and oxygen atoms in total. The molecule has 0 aromatic carbocycles. The van der Waals surface area contributed by atoms with E-state index in [0.717, 1.165) is 10.4 Å². The van der Waals surface area contributed by atoms with Crippen LogP contribution in [-0.4, -0.2) is 30.1 Å². The van der Waals surface area contributed by atoms with Crippen LogP contribution in [-0.2, 0) is 4.79 Å². The number of hydrogen-bond donors (Lipinski definition) is 3. The molecule has 0 aliphatic rings. The van der Waals surface area contributed by atoms with Crippen molar-refractivity contribution in [2.24, 2.45) is 11.1 Å². The number of thiophene rings is 1. The summed E-state index contributed by atoms with van der Waals surface area (Å²) in [6.45, 7) is 5.45. The van der Waals surface area contributed by atoms with Gasteiger partial charge < -0.3 is 16.2 Å². The smallest absolute Gasteiger partial charge is 0.261 e. The SMILES string of the molecule is Cc1cc(C(=O)NCC(C)(C)C(N)=O)sc1C#CCCO. The highest BCUT2D eigenvalue weighted by Gasteiger charge is 2.26. The van der Waals surface area contributed by atoms with Gasteiger partial charge in [0.05, 0.1) is 21.8 Å². The van der Waals surface area contributed by atoms with Gasteiger partial charge in [-0.1, -0.05) is 11.8 Å². The van der Waals surface area contributed by atoms with E-state index in [1.54, 1.807) is 19.9 Å². The second-order valence-corrected chi connectivity index (χ2v) is 6.38. The van der Waals surface area contributed by atoms with Crippen molar-refractivity contribution < 1.29 is 14.7 Å². The van der Waals surface area contributed by atoms with Crippen LogP contribution in [0.2, 0.25) is 0 Å². The molecular weight excluding hydrogens is 288 g/mol. The summed E-state index contributed by atoms with van der Waals surface area (Å²) in [5, 5.41) is 11.4. The lowest BCUT2D eigenvalue weighted by Crippen LogP contribution is -2.42. The minimum absolute atomic E-state index is 0.0208. The van der Waals surface area contributed by atoms with Gasteiger partial charge in [0.15, 0.2) is 0 Å². The van der Waals surface area contributed by atoms with Crippen molar-refractivity contribution in [1.82, 2.24) is 5.32 Å². The molecule has 21 heavy (non-hydrogen) atoms. The number of carbonyl (C=O) groups excluding carboxylic acids is 2. The average Bonchev–Trinajstić information content (AvgIpc) is 2.78. The Morgan fingerprint density at radius 2 is 2.14 bits per heavy atom. The molecule has 0 bridgehead atoms. The number of rotatable bonds is 5. The van der Waals surface area contributed by atoms with Crippen molar-refractivity contribution in [3.63, 3.8) is 0 Å². The predicted molar refractivity (Wildman–Crippen MR) is 82.9 cm³/mol. The first-order chi connectivity index (χ1) is 9.77. The first-order valence-electron chi connectivity index (χ1n) is 6.56. The van der Waals surface area contributed by atoms with Crippen molar-refractivity contribution in [3.8, 4) is 11.8 Å². The summed E-state index contributed by atoms with van der Waals surface area (Å²) in [6.07, 6.45) is 0.408. The number of aliphatic hydroxyl groups excluding tert-OH is 1. The van der Waals surface area contributed by atoms with Crippen LogP contribution in [0.3, 0.4) is 0 Å². The summed E-state index contributed by atoms with van der Waals surface area (Å²) in [6, 6.07) is 1.76. The lowest BCUT2D eigenvalue weighted by Gasteiger charge is -2.20. The standard InChI is InChI=1S/C15H20N2O3S/c1-10-8-12(21-11(10)6-4-5-7-18)13(19)17-9-15(2,3)14(16)20/h8,18H,5,7,9H2,1-3H3,(H2,16,20)(H,17,19).